The van der Waals surface area contributed by atoms with Crippen molar-refractivity contribution >= 4 is 29.4 Å². The fourth-order valence-corrected chi connectivity index (χ4v) is 3.42. The largest absolute Gasteiger partial charge is 0.446 e. The molecule has 10 heteroatoms. The molecule has 3 rings (SSSR count). The van der Waals surface area contributed by atoms with Gasteiger partial charge >= 0.3 is 11.5 Å². The zero-order valence-electron chi connectivity index (χ0n) is 14.8. The van der Waals surface area contributed by atoms with E-state index in [1.54, 1.807) is 25.3 Å². The van der Waals surface area contributed by atoms with Crippen LogP contribution in [-0.4, -0.2) is 33.4 Å². The number of thioether (sulfide) groups is 1. The number of hydrogen-bond donors (Lipinski definition) is 1. The highest BCUT2D eigenvalue weighted by Gasteiger charge is 2.43. The summed E-state index contributed by atoms with van der Waals surface area (Å²) in [6, 6.07) is 7.39. The van der Waals surface area contributed by atoms with Crippen LogP contribution in [-0.2, 0) is 17.9 Å². The number of nitrogens with two attached hydrogens (primary N) is 1. The van der Waals surface area contributed by atoms with E-state index in [0.29, 0.717) is 5.69 Å². The Hall–Kier alpha value is -2.59. The van der Waals surface area contributed by atoms with Crippen LogP contribution in [0.4, 0.5) is 23.7 Å². The van der Waals surface area contributed by atoms with Gasteiger partial charge in [0.05, 0.1) is 11.4 Å². The first-order valence-electron chi connectivity index (χ1n) is 8.34. The summed E-state index contributed by atoms with van der Waals surface area (Å²) in [5.74, 6) is -0.436. The molecule has 0 aliphatic carbocycles. The summed E-state index contributed by atoms with van der Waals surface area (Å²) in [5, 5.41) is 0. The van der Waals surface area contributed by atoms with Crippen LogP contribution >= 0.6 is 11.8 Å². The average Bonchev–Trinajstić information content (AvgIpc) is 2.85. The van der Waals surface area contributed by atoms with Crippen LogP contribution in [0.3, 0.4) is 0 Å². The second kappa shape index (κ2) is 7.80. The lowest BCUT2D eigenvalue weighted by molar-refractivity contribution is -0.119. The van der Waals surface area contributed by atoms with E-state index in [4.69, 9.17) is 5.73 Å². The molecule has 1 fully saturated rings. The van der Waals surface area contributed by atoms with Crippen molar-refractivity contribution in [2.75, 3.05) is 4.90 Å². The summed E-state index contributed by atoms with van der Waals surface area (Å²) in [5.41, 5.74) is 2.85. The van der Waals surface area contributed by atoms with Crippen LogP contribution in [0.2, 0.25) is 0 Å². The molecule has 148 valence electrons. The van der Waals surface area contributed by atoms with Gasteiger partial charge in [-0.2, -0.15) is 13.2 Å². The van der Waals surface area contributed by atoms with E-state index in [-0.39, 0.29) is 35.4 Å². The Bertz CT molecular complexity index is 889. The van der Waals surface area contributed by atoms with Crippen LogP contribution in [0.1, 0.15) is 18.2 Å². The first-order chi connectivity index (χ1) is 13.2. The lowest BCUT2D eigenvalue weighted by Crippen LogP contribution is -2.33. The van der Waals surface area contributed by atoms with Crippen molar-refractivity contribution in [3.8, 4) is 0 Å². The number of benzene rings is 1. The van der Waals surface area contributed by atoms with E-state index in [2.05, 4.69) is 4.98 Å². The molecule has 1 unspecified atom stereocenters. The van der Waals surface area contributed by atoms with Gasteiger partial charge in [0.25, 0.3) is 5.91 Å². The van der Waals surface area contributed by atoms with Crippen LogP contribution in [0.25, 0.3) is 0 Å². The second-order valence-corrected chi connectivity index (χ2v) is 7.30. The fourth-order valence-electron chi connectivity index (χ4n) is 2.88. The van der Waals surface area contributed by atoms with Crippen molar-refractivity contribution in [3.63, 3.8) is 0 Å². The molecule has 0 bridgehead atoms. The minimum Gasteiger partial charge on any atom is -0.325 e. The third-order valence-corrected chi connectivity index (χ3v) is 4.99. The predicted octanol–water partition coefficient (Wildman–Crippen LogP) is 3.51. The Morgan fingerprint density at radius 2 is 1.86 bits per heavy atom. The molecular formula is C18H17F3N4O2S. The number of amides is 3. The minimum atomic E-state index is -4.40. The van der Waals surface area contributed by atoms with Crippen molar-refractivity contribution < 1.29 is 22.8 Å². The lowest BCUT2D eigenvalue weighted by Gasteiger charge is -2.19. The fraction of sp³-hybridized carbons (Fsp3) is 0.278. The maximum atomic E-state index is 12.8. The van der Waals surface area contributed by atoms with Crippen LogP contribution < -0.4 is 10.6 Å². The molecule has 1 atom stereocenters. The third-order valence-electron chi connectivity index (χ3n) is 4.25. The molecule has 2 N–H and O–H groups in total. The van der Waals surface area contributed by atoms with Crippen molar-refractivity contribution in [3.05, 3.63) is 53.9 Å². The van der Waals surface area contributed by atoms with Gasteiger partial charge in [0, 0.05) is 24.2 Å². The van der Waals surface area contributed by atoms with Crippen LogP contribution in [0, 0.1) is 0 Å². The van der Waals surface area contributed by atoms with Gasteiger partial charge < -0.3 is 10.6 Å². The molecule has 6 nitrogen and oxygen atoms in total. The van der Waals surface area contributed by atoms with Gasteiger partial charge in [-0.1, -0.05) is 0 Å². The summed E-state index contributed by atoms with van der Waals surface area (Å²) in [7, 11) is 0. The number of nitrogens with zero attached hydrogens (tertiary/aromatic N) is 3. The predicted molar refractivity (Wildman–Crippen MR) is 98.4 cm³/mol. The van der Waals surface area contributed by atoms with Crippen molar-refractivity contribution in [2.24, 2.45) is 5.73 Å². The molecule has 0 saturated carbocycles. The zero-order chi connectivity index (χ0) is 20.5. The molecule has 1 aliphatic rings. The number of halogens is 3. The number of carbonyl (C=O) groups excluding carboxylic acids is 2. The number of urea groups is 1. The number of hydrogen-bond acceptors (Lipinski definition) is 5. The molecule has 1 aromatic carbocycles. The van der Waals surface area contributed by atoms with Gasteiger partial charge in [-0.25, -0.2) is 9.69 Å². The normalized spacial score (nSPS) is 17.5. The smallest absolute Gasteiger partial charge is 0.325 e. The van der Waals surface area contributed by atoms with Crippen molar-refractivity contribution in [1.82, 2.24) is 9.88 Å². The Kier molecular flexibility index (Phi) is 5.61. The van der Waals surface area contributed by atoms with Gasteiger partial charge in [0.1, 0.15) is 6.04 Å². The topological polar surface area (TPSA) is 79.5 Å². The van der Waals surface area contributed by atoms with Crippen molar-refractivity contribution in [2.45, 2.75) is 36.5 Å². The molecule has 2 aromatic rings. The van der Waals surface area contributed by atoms with Crippen LogP contribution in [0.15, 0.2) is 47.5 Å². The Morgan fingerprint density at radius 3 is 2.46 bits per heavy atom. The molecule has 1 aliphatic heterocycles. The third kappa shape index (κ3) is 4.28. The number of rotatable bonds is 5. The van der Waals surface area contributed by atoms with Gasteiger partial charge in [-0.15, -0.1) is 0 Å². The van der Waals surface area contributed by atoms with Crippen LogP contribution in [0.5, 0.6) is 0 Å². The molecule has 0 radical (unpaired) electrons. The average molecular weight is 410 g/mol. The lowest BCUT2D eigenvalue weighted by atomic mass is 10.2. The molecule has 1 saturated heterocycles. The molecule has 28 heavy (non-hydrogen) atoms. The van der Waals surface area contributed by atoms with E-state index in [1.807, 2.05) is 0 Å². The van der Waals surface area contributed by atoms with Gasteiger partial charge in [0.15, 0.2) is 0 Å². The van der Waals surface area contributed by atoms with Gasteiger partial charge in [-0.05, 0) is 60.6 Å². The number of pyridine rings is 1. The van der Waals surface area contributed by atoms with E-state index in [9.17, 15) is 22.8 Å². The summed E-state index contributed by atoms with van der Waals surface area (Å²) in [4.78, 5) is 31.9. The quantitative estimate of drug-likeness (QED) is 0.603. The summed E-state index contributed by atoms with van der Waals surface area (Å²) >= 11 is -0.255. The summed E-state index contributed by atoms with van der Waals surface area (Å²) < 4.78 is 37.4. The van der Waals surface area contributed by atoms with Gasteiger partial charge in [-0.3, -0.25) is 9.78 Å². The zero-order valence-corrected chi connectivity index (χ0v) is 15.6. The highest BCUT2D eigenvalue weighted by atomic mass is 32.2. The molecule has 3 amide bonds. The van der Waals surface area contributed by atoms with Gasteiger partial charge in [0.2, 0.25) is 0 Å². The van der Waals surface area contributed by atoms with Crippen molar-refractivity contribution in [1.29, 1.82) is 0 Å². The number of alkyl halides is 3. The first-order valence-corrected chi connectivity index (χ1v) is 9.15. The Labute approximate surface area is 163 Å². The summed E-state index contributed by atoms with van der Waals surface area (Å²) in [6.07, 6.45) is 1.58. The SMILES string of the molecule is CC1C(=O)N(c2ccc(SC(F)(F)F)cc2)C(=O)N1Cc1ccnc(CN)c1. The monoisotopic (exact) mass is 410 g/mol. The van der Waals surface area contributed by atoms with E-state index >= 15 is 0 Å². The number of aromatic nitrogens is 1. The maximum Gasteiger partial charge on any atom is 0.446 e. The number of imide groups is 1. The standard InChI is InChI=1S/C18H17F3N4O2S/c1-11-16(26)25(14-2-4-15(5-3-14)28-18(19,20)21)17(27)24(11)10-12-6-7-23-13(8-12)9-22/h2-8,11H,9-10,22H2,1H3. The highest BCUT2D eigenvalue weighted by molar-refractivity contribution is 8.00. The van der Waals surface area contributed by atoms with E-state index < -0.39 is 23.5 Å². The molecule has 1 aromatic heterocycles. The molecule has 2 heterocycles. The molecule has 0 spiro atoms. The maximum absolute atomic E-state index is 12.8. The first kappa shape index (κ1) is 20.2. The minimum absolute atomic E-state index is 0.0219. The number of anilines is 1. The second-order valence-electron chi connectivity index (χ2n) is 6.16. The summed E-state index contributed by atoms with van der Waals surface area (Å²) in [6.45, 7) is 2.06. The van der Waals surface area contributed by atoms with E-state index in [0.717, 1.165) is 10.5 Å². The number of carbonyl (C=O) groups is 2. The Balaban J connectivity index is 1.80. The highest BCUT2D eigenvalue weighted by Crippen LogP contribution is 2.37. The molecular weight excluding hydrogens is 393 g/mol. The Morgan fingerprint density at radius 1 is 1.18 bits per heavy atom. The van der Waals surface area contributed by atoms with E-state index in [1.165, 1.54) is 29.2 Å².